The number of aliphatic hydroxyl groups excluding tert-OH is 1. The highest BCUT2D eigenvalue weighted by Crippen LogP contribution is 2.19. The molecule has 5 nitrogen and oxygen atoms in total. The molecular formula is C13H22N2O3S. The maximum absolute atomic E-state index is 12.2. The molecular weight excluding hydrogens is 264 g/mol. The summed E-state index contributed by atoms with van der Waals surface area (Å²) in [5.74, 6) is 0.00652. The molecule has 0 aliphatic carbocycles. The van der Waals surface area contributed by atoms with Crippen LogP contribution in [0.2, 0.25) is 0 Å². The summed E-state index contributed by atoms with van der Waals surface area (Å²) in [6, 6.07) is 4.20. The summed E-state index contributed by atoms with van der Waals surface area (Å²) in [6.07, 6.45) is 0.755. The van der Waals surface area contributed by atoms with Crippen LogP contribution in [0.4, 0.5) is 5.69 Å². The van der Waals surface area contributed by atoms with Gasteiger partial charge in [-0.2, -0.15) is 0 Å². The number of hydrogen-bond donors (Lipinski definition) is 3. The predicted octanol–water partition coefficient (Wildman–Crippen LogP) is 1.13. The van der Waals surface area contributed by atoms with Gasteiger partial charge in [-0.3, -0.25) is 0 Å². The Morgan fingerprint density at radius 3 is 2.42 bits per heavy atom. The van der Waals surface area contributed by atoms with Gasteiger partial charge in [-0.15, -0.1) is 0 Å². The molecule has 1 aromatic carbocycles. The summed E-state index contributed by atoms with van der Waals surface area (Å²) in [5.41, 5.74) is 7.20. The smallest absolute Gasteiger partial charge is 0.240 e. The molecule has 0 unspecified atom stereocenters. The van der Waals surface area contributed by atoms with Crippen LogP contribution in [-0.4, -0.2) is 26.2 Å². The van der Waals surface area contributed by atoms with E-state index in [0.29, 0.717) is 5.69 Å². The Hall–Kier alpha value is -1.11. The van der Waals surface area contributed by atoms with Crippen LogP contribution in [0.25, 0.3) is 0 Å². The first-order chi connectivity index (χ1) is 8.81. The first-order valence-electron chi connectivity index (χ1n) is 6.33. The van der Waals surface area contributed by atoms with E-state index in [9.17, 15) is 13.5 Å². The first kappa shape index (κ1) is 15.9. The van der Waals surface area contributed by atoms with Crippen molar-refractivity contribution in [3.05, 3.63) is 23.8 Å². The van der Waals surface area contributed by atoms with E-state index in [-0.39, 0.29) is 17.4 Å². The SMILES string of the molecule is CCc1ccc(S(=O)(=O)N[C@H](CO)C(C)C)cc1N. The Balaban J connectivity index is 3.03. The second-order valence-electron chi connectivity index (χ2n) is 4.87. The molecule has 0 bridgehead atoms. The van der Waals surface area contributed by atoms with Crippen LogP contribution in [0, 0.1) is 5.92 Å². The zero-order valence-corrected chi connectivity index (χ0v) is 12.4. The summed E-state index contributed by atoms with van der Waals surface area (Å²) in [4.78, 5) is 0.126. The van der Waals surface area contributed by atoms with Gasteiger partial charge in [0.15, 0.2) is 0 Å². The molecule has 0 radical (unpaired) electrons. The molecule has 0 fully saturated rings. The summed E-state index contributed by atoms with van der Waals surface area (Å²) in [5, 5.41) is 9.19. The Labute approximate surface area is 114 Å². The molecule has 0 aliphatic rings. The van der Waals surface area contributed by atoms with E-state index >= 15 is 0 Å². The Morgan fingerprint density at radius 2 is 2.00 bits per heavy atom. The van der Waals surface area contributed by atoms with Gasteiger partial charge < -0.3 is 10.8 Å². The van der Waals surface area contributed by atoms with Crippen LogP contribution in [-0.2, 0) is 16.4 Å². The average Bonchev–Trinajstić information content (AvgIpc) is 2.35. The number of nitrogens with one attached hydrogen (secondary N) is 1. The van der Waals surface area contributed by atoms with Crippen molar-refractivity contribution in [2.75, 3.05) is 12.3 Å². The lowest BCUT2D eigenvalue weighted by molar-refractivity contribution is 0.227. The number of hydrogen-bond acceptors (Lipinski definition) is 4. The fourth-order valence-electron chi connectivity index (χ4n) is 1.71. The highest BCUT2D eigenvalue weighted by Gasteiger charge is 2.22. The van der Waals surface area contributed by atoms with E-state index in [1.807, 2.05) is 20.8 Å². The maximum Gasteiger partial charge on any atom is 0.240 e. The number of nitrogens with two attached hydrogens (primary N) is 1. The van der Waals surface area contributed by atoms with Crippen molar-refractivity contribution in [2.24, 2.45) is 5.92 Å². The summed E-state index contributed by atoms with van der Waals surface area (Å²) >= 11 is 0. The molecule has 19 heavy (non-hydrogen) atoms. The topological polar surface area (TPSA) is 92.4 Å². The minimum atomic E-state index is -3.65. The lowest BCUT2D eigenvalue weighted by Gasteiger charge is -2.20. The molecule has 4 N–H and O–H groups in total. The zero-order valence-electron chi connectivity index (χ0n) is 11.6. The molecule has 0 amide bonds. The largest absolute Gasteiger partial charge is 0.398 e. The van der Waals surface area contributed by atoms with Gasteiger partial charge in [0.1, 0.15) is 0 Å². The van der Waals surface area contributed by atoms with Gasteiger partial charge in [-0.05, 0) is 30.0 Å². The maximum atomic E-state index is 12.2. The highest BCUT2D eigenvalue weighted by atomic mass is 32.2. The van der Waals surface area contributed by atoms with Gasteiger partial charge >= 0.3 is 0 Å². The van der Waals surface area contributed by atoms with Gasteiger partial charge in [0, 0.05) is 11.7 Å². The fourth-order valence-corrected chi connectivity index (χ4v) is 3.12. The Bertz CT molecular complexity index is 527. The van der Waals surface area contributed by atoms with Crippen LogP contribution in [0.15, 0.2) is 23.1 Å². The zero-order chi connectivity index (χ0) is 14.6. The van der Waals surface area contributed by atoms with Crippen molar-refractivity contribution in [3.8, 4) is 0 Å². The van der Waals surface area contributed by atoms with Crippen LogP contribution in [0.1, 0.15) is 26.3 Å². The summed E-state index contributed by atoms with van der Waals surface area (Å²) < 4.78 is 26.9. The van der Waals surface area contributed by atoms with Gasteiger partial charge in [-0.25, -0.2) is 13.1 Å². The van der Waals surface area contributed by atoms with Crippen molar-refractivity contribution in [1.29, 1.82) is 0 Å². The Morgan fingerprint density at radius 1 is 1.37 bits per heavy atom. The van der Waals surface area contributed by atoms with E-state index < -0.39 is 16.1 Å². The number of sulfonamides is 1. The molecule has 0 aromatic heterocycles. The van der Waals surface area contributed by atoms with E-state index in [0.717, 1.165) is 12.0 Å². The number of benzene rings is 1. The van der Waals surface area contributed by atoms with Gasteiger partial charge in [0.05, 0.1) is 11.5 Å². The molecule has 108 valence electrons. The minimum absolute atomic E-state index is 0.00652. The number of nitrogen functional groups attached to an aromatic ring is 1. The second kappa shape index (κ2) is 6.36. The van der Waals surface area contributed by atoms with E-state index in [1.54, 1.807) is 6.07 Å². The number of aliphatic hydroxyl groups is 1. The molecule has 1 atom stereocenters. The van der Waals surface area contributed by atoms with Crippen molar-refractivity contribution in [2.45, 2.75) is 38.1 Å². The third-order valence-electron chi connectivity index (χ3n) is 3.12. The Kier molecular flexibility index (Phi) is 5.34. The summed E-state index contributed by atoms with van der Waals surface area (Å²) in [6.45, 7) is 5.41. The summed E-state index contributed by atoms with van der Waals surface area (Å²) in [7, 11) is -3.65. The van der Waals surface area contributed by atoms with E-state index in [1.165, 1.54) is 12.1 Å². The molecule has 6 heteroatoms. The first-order valence-corrected chi connectivity index (χ1v) is 7.81. The molecule has 0 saturated heterocycles. The van der Waals surface area contributed by atoms with Crippen LogP contribution in [0.3, 0.4) is 0 Å². The predicted molar refractivity (Wildman–Crippen MR) is 76.3 cm³/mol. The average molecular weight is 286 g/mol. The van der Waals surface area contributed by atoms with Crippen LogP contribution >= 0.6 is 0 Å². The lowest BCUT2D eigenvalue weighted by atomic mass is 10.1. The van der Waals surface area contributed by atoms with Gasteiger partial charge in [0.2, 0.25) is 10.0 Å². The third kappa shape index (κ3) is 3.92. The lowest BCUT2D eigenvalue weighted by Crippen LogP contribution is -2.41. The number of aryl methyl sites for hydroxylation is 1. The molecule has 0 aliphatic heterocycles. The van der Waals surface area contributed by atoms with Crippen molar-refractivity contribution < 1.29 is 13.5 Å². The third-order valence-corrected chi connectivity index (χ3v) is 4.60. The number of rotatable bonds is 6. The van der Waals surface area contributed by atoms with E-state index in [4.69, 9.17) is 5.73 Å². The van der Waals surface area contributed by atoms with Gasteiger partial charge in [0.25, 0.3) is 0 Å². The van der Waals surface area contributed by atoms with E-state index in [2.05, 4.69) is 4.72 Å². The molecule has 0 spiro atoms. The molecule has 1 rings (SSSR count). The normalized spacial score (nSPS) is 13.7. The van der Waals surface area contributed by atoms with Crippen molar-refractivity contribution in [1.82, 2.24) is 4.72 Å². The second-order valence-corrected chi connectivity index (χ2v) is 6.58. The quantitative estimate of drug-likeness (QED) is 0.683. The fraction of sp³-hybridized carbons (Fsp3) is 0.538. The highest BCUT2D eigenvalue weighted by molar-refractivity contribution is 7.89. The van der Waals surface area contributed by atoms with Crippen LogP contribution < -0.4 is 10.5 Å². The molecule has 0 heterocycles. The number of anilines is 1. The van der Waals surface area contributed by atoms with Gasteiger partial charge in [-0.1, -0.05) is 26.8 Å². The standard InChI is InChI=1S/C13H22N2O3S/c1-4-10-5-6-11(7-12(10)14)19(17,18)15-13(8-16)9(2)3/h5-7,9,13,15-16H,4,8,14H2,1-3H3/t13-/m1/s1. The molecule has 0 saturated carbocycles. The van der Waals surface area contributed by atoms with Crippen molar-refractivity contribution in [3.63, 3.8) is 0 Å². The van der Waals surface area contributed by atoms with Crippen LogP contribution in [0.5, 0.6) is 0 Å². The monoisotopic (exact) mass is 286 g/mol. The minimum Gasteiger partial charge on any atom is -0.398 e. The molecule has 1 aromatic rings. The van der Waals surface area contributed by atoms with Crippen molar-refractivity contribution >= 4 is 15.7 Å².